The van der Waals surface area contributed by atoms with Gasteiger partial charge in [0, 0.05) is 13.3 Å². The third-order valence-electron chi connectivity index (χ3n) is 1.76. The molecule has 0 bridgehead atoms. The maximum absolute atomic E-state index is 5.81. The highest BCUT2D eigenvalue weighted by molar-refractivity contribution is 7.60. The number of nitrogens with zero attached hydrogens (tertiary/aromatic N) is 1. The van der Waals surface area contributed by atoms with E-state index in [0.29, 0.717) is 13.2 Å². The van der Waals surface area contributed by atoms with E-state index in [-0.39, 0.29) is 5.54 Å². The van der Waals surface area contributed by atoms with Crippen LogP contribution in [-0.4, -0.2) is 38.7 Å². The molecule has 1 atom stereocenters. The van der Waals surface area contributed by atoms with Gasteiger partial charge in [-0.05, 0) is 27.4 Å². The number of hydrogen-bond acceptors (Lipinski definition) is 3. The third-order valence-corrected chi connectivity index (χ3v) is 4.69. The van der Waals surface area contributed by atoms with Crippen molar-refractivity contribution in [3.8, 4) is 0 Å². The van der Waals surface area contributed by atoms with Crippen LogP contribution in [0.4, 0.5) is 0 Å². The summed E-state index contributed by atoms with van der Waals surface area (Å²) in [6, 6.07) is 0. The van der Waals surface area contributed by atoms with Crippen molar-refractivity contribution in [1.82, 2.24) is 0 Å². The summed E-state index contributed by atoms with van der Waals surface area (Å²) in [5.74, 6) is 0. The first kappa shape index (κ1) is 14.2. The number of ether oxygens (including phenoxy) is 1. The van der Waals surface area contributed by atoms with Gasteiger partial charge < -0.3 is 9.26 Å². The average Bonchev–Trinajstić information content (AvgIpc) is 2.02. The second-order valence-electron chi connectivity index (χ2n) is 4.46. The third kappa shape index (κ3) is 6.58. The van der Waals surface area contributed by atoms with E-state index < -0.39 is 7.28 Å². The Morgan fingerprint density at radius 2 is 1.79 bits per heavy atom. The van der Waals surface area contributed by atoms with Gasteiger partial charge in [0.2, 0.25) is 0 Å². The molecular weight excluding hydrogens is 197 g/mol. The number of rotatable bonds is 5. The molecule has 4 heteroatoms. The molecular formula is C10H24NO2P. The van der Waals surface area contributed by atoms with Crippen molar-refractivity contribution < 1.29 is 9.26 Å². The van der Waals surface area contributed by atoms with Crippen LogP contribution in [0.5, 0.6) is 0 Å². The smallest absolute Gasteiger partial charge is 0.0826 e. The van der Waals surface area contributed by atoms with Crippen LogP contribution in [0.3, 0.4) is 0 Å². The second kappa shape index (κ2) is 5.89. The van der Waals surface area contributed by atoms with E-state index in [9.17, 15) is 0 Å². The van der Waals surface area contributed by atoms with Crippen LogP contribution in [0.25, 0.3) is 0 Å². The summed E-state index contributed by atoms with van der Waals surface area (Å²) in [6.45, 7) is 11.9. The Bertz CT molecular complexity index is 209. The topological polar surface area (TPSA) is 30.8 Å². The van der Waals surface area contributed by atoms with Gasteiger partial charge in [-0.2, -0.15) is 0 Å². The lowest BCUT2D eigenvalue weighted by atomic mass is 10.1. The van der Waals surface area contributed by atoms with Crippen LogP contribution in [0, 0.1) is 0 Å². The average molecular weight is 221 g/mol. The lowest BCUT2D eigenvalue weighted by Crippen LogP contribution is -2.11. The SMILES string of the molecule is CCP(C)(=NC(C)(C)C)OCCOC. The van der Waals surface area contributed by atoms with Gasteiger partial charge in [-0.3, -0.25) is 4.74 Å². The predicted molar refractivity (Wildman–Crippen MR) is 63.4 cm³/mol. The van der Waals surface area contributed by atoms with Gasteiger partial charge in [0.25, 0.3) is 0 Å². The zero-order valence-corrected chi connectivity index (χ0v) is 11.2. The normalized spacial score (nSPS) is 16.4. The minimum absolute atomic E-state index is 0.00832. The molecule has 14 heavy (non-hydrogen) atoms. The van der Waals surface area contributed by atoms with E-state index in [2.05, 4.69) is 34.4 Å². The molecule has 0 fully saturated rings. The van der Waals surface area contributed by atoms with Gasteiger partial charge in [0.05, 0.1) is 26.0 Å². The van der Waals surface area contributed by atoms with Crippen LogP contribution < -0.4 is 0 Å². The van der Waals surface area contributed by atoms with Crippen LogP contribution in [0.1, 0.15) is 27.7 Å². The van der Waals surface area contributed by atoms with Crippen LogP contribution in [-0.2, 0) is 9.26 Å². The summed E-state index contributed by atoms with van der Waals surface area (Å²) < 4.78 is 15.5. The van der Waals surface area contributed by atoms with Crippen LogP contribution in [0.2, 0.25) is 0 Å². The zero-order chi connectivity index (χ0) is 11.2. The molecule has 0 radical (unpaired) electrons. The van der Waals surface area contributed by atoms with E-state index in [1.54, 1.807) is 7.11 Å². The molecule has 0 aliphatic rings. The zero-order valence-electron chi connectivity index (χ0n) is 10.3. The lowest BCUT2D eigenvalue weighted by Gasteiger charge is -2.24. The molecule has 0 spiro atoms. The molecule has 0 N–H and O–H groups in total. The number of methoxy groups -OCH3 is 1. The molecule has 86 valence electrons. The van der Waals surface area contributed by atoms with Gasteiger partial charge in [-0.25, -0.2) is 0 Å². The summed E-state index contributed by atoms with van der Waals surface area (Å²) in [4.78, 5) is 0. The van der Waals surface area contributed by atoms with Crippen molar-refractivity contribution >= 4 is 7.28 Å². The quantitative estimate of drug-likeness (QED) is 0.527. The molecule has 0 aliphatic carbocycles. The molecule has 0 aromatic rings. The first-order valence-corrected chi connectivity index (χ1v) is 7.35. The summed E-state index contributed by atoms with van der Waals surface area (Å²) in [5, 5.41) is 0. The molecule has 0 heterocycles. The Hall–Kier alpha value is 0.150. The fraction of sp³-hybridized carbons (Fsp3) is 1.00. The highest BCUT2D eigenvalue weighted by Crippen LogP contribution is 2.48. The summed E-state index contributed by atoms with van der Waals surface area (Å²) >= 11 is 0. The highest BCUT2D eigenvalue weighted by Gasteiger charge is 2.16. The predicted octanol–water partition coefficient (Wildman–Crippen LogP) is 3.21. The maximum Gasteiger partial charge on any atom is 0.0826 e. The molecule has 3 nitrogen and oxygen atoms in total. The van der Waals surface area contributed by atoms with E-state index in [1.165, 1.54) is 0 Å². The summed E-state index contributed by atoms with van der Waals surface area (Å²) in [5.41, 5.74) is -0.00832. The fourth-order valence-corrected chi connectivity index (χ4v) is 3.26. The van der Waals surface area contributed by atoms with Crippen LogP contribution >= 0.6 is 7.28 Å². The molecule has 0 aromatic heterocycles. The lowest BCUT2D eigenvalue weighted by molar-refractivity contribution is 0.152. The van der Waals surface area contributed by atoms with Crippen molar-refractivity contribution in [1.29, 1.82) is 0 Å². The van der Waals surface area contributed by atoms with Gasteiger partial charge in [-0.15, -0.1) is 0 Å². The first-order chi connectivity index (χ1) is 6.33. The standard InChI is InChI=1S/C10H24NO2P/c1-7-14(6,11-10(2,3)4)13-9-8-12-5/h7-9H2,1-6H3. The van der Waals surface area contributed by atoms with Crippen molar-refractivity contribution in [2.75, 3.05) is 33.2 Å². The molecule has 0 aromatic carbocycles. The van der Waals surface area contributed by atoms with Crippen LogP contribution in [0.15, 0.2) is 4.74 Å². The summed E-state index contributed by atoms with van der Waals surface area (Å²) in [7, 11) is 0.130. The molecule has 0 amide bonds. The van der Waals surface area contributed by atoms with E-state index in [1.807, 2.05) is 0 Å². The van der Waals surface area contributed by atoms with Crippen molar-refractivity contribution in [3.05, 3.63) is 0 Å². The largest absolute Gasteiger partial charge is 0.382 e. The van der Waals surface area contributed by atoms with Crippen molar-refractivity contribution in [3.63, 3.8) is 0 Å². The van der Waals surface area contributed by atoms with E-state index >= 15 is 0 Å². The van der Waals surface area contributed by atoms with Crippen molar-refractivity contribution in [2.24, 2.45) is 4.74 Å². The molecule has 1 unspecified atom stereocenters. The molecule has 0 saturated carbocycles. The van der Waals surface area contributed by atoms with E-state index in [4.69, 9.17) is 14.0 Å². The Balaban J connectivity index is 4.39. The monoisotopic (exact) mass is 221 g/mol. The van der Waals surface area contributed by atoms with Gasteiger partial charge in [0.1, 0.15) is 0 Å². The van der Waals surface area contributed by atoms with Crippen molar-refractivity contribution in [2.45, 2.75) is 33.2 Å². The van der Waals surface area contributed by atoms with Gasteiger partial charge in [0.15, 0.2) is 0 Å². The Morgan fingerprint density at radius 1 is 1.21 bits per heavy atom. The second-order valence-corrected chi connectivity index (χ2v) is 7.66. The minimum Gasteiger partial charge on any atom is -0.382 e. The highest BCUT2D eigenvalue weighted by atomic mass is 31.2. The fourth-order valence-electron chi connectivity index (χ4n) is 1.14. The Kier molecular flexibility index (Phi) is 5.96. The summed E-state index contributed by atoms with van der Waals surface area (Å²) in [6.07, 6.45) is 0.994. The maximum atomic E-state index is 5.81. The minimum atomic E-state index is -1.56. The molecule has 0 saturated heterocycles. The molecule has 0 rings (SSSR count). The molecule has 0 aliphatic heterocycles. The van der Waals surface area contributed by atoms with Gasteiger partial charge in [-0.1, -0.05) is 6.92 Å². The Morgan fingerprint density at radius 3 is 2.14 bits per heavy atom. The van der Waals surface area contributed by atoms with E-state index in [0.717, 1.165) is 6.16 Å². The van der Waals surface area contributed by atoms with Gasteiger partial charge >= 0.3 is 0 Å². The Labute approximate surface area is 88.3 Å². The number of hydrogen-bond donors (Lipinski definition) is 0. The first-order valence-electron chi connectivity index (χ1n) is 5.06.